The van der Waals surface area contributed by atoms with E-state index in [0.29, 0.717) is 23.7 Å². The Bertz CT molecular complexity index is 1260. The molecule has 2 aliphatic rings. The molecule has 1 aliphatic carbocycles. The molecule has 1 fully saturated rings. The van der Waals surface area contributed by atoms with Gasteiger partial charge in [-0.25, -0.2) is 0 Å². The first kappa shape index (κ1) is 19.8. The molecule has 1 saturated carbocycles. The average Bonchev–Trinajstić information content (AvgIpc) is 3.55. The van der Waals surface area contributed by atoms with Crippen LogP contribution >= 0.6 is 0 Å². The largest absolute Gasteiger partial charge is 0.366 e. The van der Waals surface area contributed by atoms with Gasteiger partial charge in [0.15, 0.2) is 5.82 Å². The van der Waals surface area contributed by atoms with Gasteiger partial charge in [0.05, 0.1) is 5.56 Å². The first-order chi connectivity index (χ1) is 15.6. The number of hydrogen-bond acceptors (Lipinski definition) is 6. The number of aromatic nitrogens is 4. The van der Waals surface area contributed by atoms with E-state index in [9.17, 15) is 9.59 Å². The number of dihydropyridines is 1. The number of nitrogens with two attached hydrogens (primary N) is 1. The van der Waals surface area contributed by atoms with Gasteiger partial charge in [-0.15, -0.1) is 10.2 Å². The minimum absolute atomic E-state index is 0.216. The highest BCUT2D eigenvalue weighted by atomic mass is 16.2. The van der Waals surface area contributed by atoms with Crippen molar-refractivity contribution in [2.24, 2.45) is 10.7 Å². The highest BCUT2D eigenvalue weighted by Crippen LogP contribution is 2.37. The van der Waals surface area contributed by atoms with Gasteiger partial charge in [0.2, 0.25) is 11.8 Å². The fourth-order valence-corrected chi connectivity index (χ4v) is 3.72. The highest BCUT2D eigenvalue weighted by Gasteiger charge is 2.27. The molecule has 160 valence electrons. The molecule has 1 aliphatic heterocycles. The highest BCUT2D eigenvalue weighted by molar-refractivity contribution is 6.00. The van der Waals surface area contributed by atoms with Crippen LogP contribution in [0.1, 0.15) is 41.2 Å². The lowest BCUT2D eigenvalue weighted by Crippen LogP contribution is -2.28. The molecule has 0 bridgehead atoms. The molecule has 1 aromatic carbocycles. The predicted octanol–water partition coefficient (Wildman–Crippen LogP) is 2.64. The summed E-state index contributed by atoms with van der Waals surface area (Å²) < 4.78 is 2.08. The number of aliphatic imine (C=N–C) groups is 1. The Labute approximate surface area is 184 Å². The lowest BCUT2D eigenvalue weighted by Gasteiger charge is -2.18. The maximum atomic E-state index is 12.9. The first-order valence-electron chi connectivity index (χ1n) is 10.4. The second-order valence-electron chi connectivity index (χ2n) is 7.90. The minimum atomic E-state index is -0.592. The molecular formula is C23H21N7O2. The van der Waals surface area contributed by atoms with E-state index in [0.717, 1.165) is 35.4 Å². The summed E-state index contributed by atoms with van der Waals surface area (Å²) in [4.78, 5) is 32.8. The SMILES string of the molecule is NC(=O)c1cncc(C2=CC=N[C@H](C(=O)Nc3cccc(-c4nncn4C4CC4)c3)C2)c1. The normalized spacial score (nSPS) is 17.6. The standard InChI is InChI=1S/C23H21N7O2/c24-21(31)17-8-16(11-25-12-17)14-6-7-26-20(10-14)23(32)28-18-3-1-2-15(9-18)22-29-27-13-30(22)19-4-5-19/h1-3,6-9,11-13,19-20H,4-5,10H2,(H2,24,31)(H,28,32)/t20-/m0/s1. The van der Waals surface area contributed by atoms with Crippen LogP contribution in [0.25, 0.3) is 17.0 Å². The number of pyridine rings is 1. The van der Waals surface area contributed by atoms with Crippen molar-refractivity contribution < 1.29 is 9.59 Å². The number of amides is 2. The lowest BCUT2D eigenvalue weighted by atomic mass is 9.96. The molecule has 0 saturated heterocycles. The van der Waals surface area contributed by atoms with E-state index in [1.54, 1.807) is 24.8 Å². The molecule has 0 radical (unpaired) electrons. The number of carbonyl (C=O) groups is 2. The Hall–Kier alpha value is -4.14. The average molecular weight is 427 g/mol. The van der Waals surface area contributed by atoms with Crippen LogP contribution in [0.3, 0.4) is 0 Å². The number of nitrogens with zero attached hydrogens (tertiary/aromatic N) is 5. The molecule has 9 heteroatoms. The summed E-state index contributed by atoms with van der Waals surface area (Å²) in [7, 11) is 0. The fourth-order valence-electron chi connectivity index (χ4n) is 3.72. The Balaban J connectivity index is 1.30. The van der Waals surface area contributed by atoms with Gasteiger partial charge in [-0.1, -0.05) is 12.1 Å². The summed E-state index contributed by atoms with van der Waals surface area (Å²) in [6.07, 6.45) is 10.9. The van der Waals surface area contributed by atoms with Crippen LogP contribution in [-0.2, 0) is 4.79 Å². The van der Waals surface area contributed by atoms with Gasteiger partial charge in [0.1, 0.15) is 12.4 Å². The van der Waals surface area contributed by atoms with Crippen molar-refractivity contribution in [3.05, 3.63) is 66.3 Å². The Morgan fingerprint density at radius 3 is 2.81 bits per heavy atom. The third-order valence-corrected chi connectivity index (χ3v) is 5.55. The van der Waals surface area contributed by atoms with Crippen LogP contribution in [-0.4, -0.2) is 43.8 Å². The van der Waals surface area contributed by atoms with Crippen molar-refractivity contribution in [2.45, 2.75) is 31.3 Å². The van der Waals surface area contributed by atoms with Crippen molar-refractivity contribution in [2.75, 3.05) is 5.32 Å². The summed E-state index contributed by atoms with van der Waals surface area (Å²) in [6.45, 7) is 0. The van der Waals surface area contributed by atoms with E-state index in [1.807, 2.05) is 30.3 Å². The quantitative estimate of drug-likeness (QED) is 0.625. The van der Waals surface area contributed by atoms with Crippen molar-refractivity contribution in [3.8, 4) is 11.4 Å². The number of benzene rings is 1. The molecule has 3 N–H and O–H groups in total. The number of primary amides is 1. The van der Waals surface area contributed by atoms with Crippen LogP contribution in [0.5, 0.6) is 0 Å². The molecule has 2 aromatic heterocycles. The topological polar surface area (TPSA) is 128 Å². The van der Waals surface area contributed by atoms with Crippen molar-refractivity contribution in [1.29, 1.82) is 0 Å². The molecule has 1 atom stereocenters. The number of rotatable bonds is 6. The zero-order chi connectivity index (χ0) is 22.1. The van der Waals surface area contributed by atoms with Crippen LogP contribution in [0.4, 0.5) is 5.69 Å². The van der Waals surface area contributed by atoms with Crippen LogP contribution in [0.2, 0.25) is 0 Å². The zero-order valence-electron chi connectivity index (χ0n) is 17.2. The second-order valence-corrected chi connectivity index (χ2v) is 7.90. The maximum Gasteiger partial charge on any atom is 0.250 e. The second kappa shape index (κ2) is 8.18. The third kappa shape index (κ3) is 4.04. The number of carbonyl (C=O) groups excluding carboxylic acids is 2. The van der Waals surface area contributed by atoms with E-state index in [4.69, 9.17) is 5.73 Å². The molecule has 32 heavy (non-hydrogen) atoms. The van der Waals surface area contributed by atoms with Crippen molar-refractivity contribution >= 4 is 29.3 Å². The monoisotopic (exact) mass is 427 g/mol. The summed E-state index contributed by atoms with van der Waals surface area (Å²) in [5.41, 5.74) is 8.84. The molecular weight excluding hydrogens is 406 g/mol. The fraction of sp³-hybridized carbons (Fsp3) is 0.217. The molecule has 9 nitrogen and oxygen atoms in total. The summed E-state index contributed by atoms with van der Waals surface area (Å²) in [5, 5.41) is 11.2. The molecule has 3 aromatic rings. The van der Waals surface area contributed by atoms with E-state index in [1.165, 1.54) is 6.20 Å². The number of allylic oxidation sites excluding steroid dienone is 1. The Kier molecular flexibility index (Phi) is 5.06. The maximum absolute atomic E-state index is 12.9. The van der Waals surface area contributed by atoms with Gasteiger partial charge in [0, 0.05) is 42.3 Å². The van der Waals surface area contributed by atoms with Crippen LogP contribution < -0.4 is 11.1 Å². The van der Waals surface area contributed by atoms with E-state index in [2.05, 4.69) is 30.1 Å². The van der Waals surface area contributed by atoms with Gasteiger partial charge in [-0.3, -0.25) is 19.6 Å². The zero-order valence-corrected chi connectivity index (χ0v) is 17.2. The smallest absolute Gasteiger partial charge is 0.250 e. The van der Waals surface area contributed by atoms with Gasteiger partial charge >= 0.3 is 0 Å². The molecule has 0 unspecified atom stereocenters. The number of nitrogens with one attached hydrogen (secondary N) is 1. The molecule has 2 amide bonds. The van der Waals surface area contributed by atoms with E-state index >= 15 is 0 Å². The number of hydrogen-bond donors (Lipinski definition) is 2. The lowest BCUT2D eigenvalue weighted by molar-refractivity contribution is -0.117. The van der Waals surface area contributed by atoms with E-state index in [-0.39, 0.29) is 5.91 Å². The Morgan fingerprint density at radius 2 is 2.00 bits per heavy atom. The van der Waals surface area contributed by atoms with Crippen LogP contribution in [0.15, 0.2) is 60.1 Å². The predicted molar refractivity (Wildman–Crippen MR) is 120 cm³/mol. The van der Waals surface area contributed by atoms with Gasteiger partial charge in [-0.2, -0.15) is 0 Å². The molecule has 3 heterocycles. The summed E-state index contributed by atoms with van der Waals surface area (Å²) in [6, 6.07) is 9.11. The van der Waals surface area contributed by atoms with Crippen molar-refractivity contribution in [1.82, 2.24) is 19.7 Å². The molecule has 5 rings (SSSR count). The summed E-state index contributed by atoms with van der Waals surface area (Å²) in [5.74, 6) is 0.0362. The first-order valence-corrected chi connectivity index (χ1v) is 10.4. The summed E-state index contributed by atoms with van der Waals surface area (Å²) >= 11 is 0. The van der Waals surface area contributed by atoms with Gasteiger partial charge < -0.3 is 15.6 Å². The third-order valence-electron chi connectivity index (χ3n) is 5.55. The van der Waals surface area contributed by atoms with E-state index < -0.39 is 11.9 Å². The molecule has 0 spiro atoms. The minimum Gasteiger partial charge on any atom is -0.366 e. The van der Waals surface area contributed by atoms with Gasteiger partial charge in [-0.05, 0) is 48.3 Å². The van der Waals surface area contributed by atoms with Crippen molar-refractivity contribution in [3.63, 3.8) is 0 Å². The Morgan fingerprint density at radius 1 is 1.12 bits per heavy atom. The van der Waals surface area contributed by atoms with Gasteiger partial charge in [0.25, 0.3) is 0 Å². The number of anilines is 1. The van der Waals surface area contributed by atoms with Crippen LogP contribution in [0, 0.1) is 0 Å².